The monoisotopic (exact) mass is 425 g/mol. The van der Waals surface area contributed by atoms with Crippen molar-refractivity contribution in [2.75, 3.05) is 36.8 Å². The predicted octanol–water partition coefficient (Wildman–Crippen LogP) is 3.38. The third-order valence-electron chi connectivity index (χ3n) is 5.24. The van der Waals surface area contributed by atoms with E-state index in [4.69, 9.17) is 0 Å². The minimum atomic E-state index is -4.36. The molecule has 2 fully saturated rings. The molecule has 0 unspecified atom stereocenters. The smallest absolute Gasteiger partial charge is 0.368 e. The van der Waals surface area contributed by atoms with Gasteiger partial charge in [-0.05, 0) is 38.0 Å². The van der Waals surface area contributed by atoms with Crippen LogP contribution in [0.5, 0.6) is 0 Å². The van der Waals surface area contributed by atoms with E-state index in [0.717, 1.165) is 29.9 Å². The van der Waals surface area contributed by atoms with Gasteiger partial charge >= 0.3 is 6.18 Å². The number of hydrogen-bond donors (Lipinski definition) is 0. The molecule has 1 aromatic carbocycles. The molecule has 156 valence electrons. The minimum absolute atomic E-state index is 0.0155. The number of aryl methyl sites for hydroxylation is 1. The topological polar surface area (TPSA) is 54.3 Å². The van der Waals surface area contributed by atoms with Crippen molar-refractivity contribution >= 4 is 23.4 Å². The lowest BCUT2D eigenvalue weighted by molar-refractivity contribution is -0.137. The van der Waals surface area contributed by atoms with Crippen LogP contribution in [0.4, 0.5) is 18.9 Å². The fraction of sp³-hybridized carbons (Fsp3) is 0.526. The number of benzene rings is 1. The van der Waals surface area contributed by atoms with Crippen LogP contribution in [0.15, 0.2) is 29.4 Å². The van der Waals surface area contributed by atoms with Gasteiger partial charge in [-0.2, -0.15) is 13.2 Å². The first-order chi connectivity index (χ1) is 13.8. The summed E-state index contributed by atoms with van der Waals surface area (Å²) in [5, 5.41) is 9.07. The Kier molecular flexibility index (Phi) is 5.46. The maximum Gasteiger partial charge on any atom is 0.416 e. The standard InChI is InChI=1S/C19H22F3N5OS/c1-13-23-24-18(27(13)15-5-6-15)29-12-17(28)26-9-7-25(8-10-26)16-4-2-3-14(11-16)19(20,21)22/h2-4,11,15H,5-10,12H2,1H3. The van der Waals surface area contributed by atoms with Gasteiger partial charge in [-0.3, -0.25) is 4.79 Å². The Hall–Kier alpha value is -2.23. The second-order valence-electron chi connectivity index (χ2n) is 7.34. The highest BCUT2D eigenvalue weighted by molar-refractivity contribution is 7.99. The normalized spacial score (nSPS) is 17.7. The van der Waals surface area contributed by atoms with E-state index < -0.39 is 11.7 Å². The molecule has 1 saturated carbocycles. The maximum atomic E-state index is 12.9. The van der Waals surface area contributed by atoms with E-state index in [-0.39, 0.29) is 11.7 Å². The highest BCUT2D eigenvalue weighted by Gasteiger charge is 2.32. The molecule has 0 bridgehead atoms. The molecule has 2 heterocycles. The maximum absolute atomic E-state index is 12.9. The van der Waals surface area contributed by atoms with Gasteiger partial charge in [-0.15, -0.1) is 10.2 Å². The van der Waals surface area contributed by atoms with Crippen LogP contribution in [0.2, 0.25) is 0 Å². The number of nitrogens with zero attached hydrogens (tertiary/aromatic N) is 5. The highest BCUT2D eigenvalue weighted by Crippen LogP contribution is 2.38. The van der Waals surface area contributed by atoms with Gasteiger partial charge < -0.3 is 14.4 Å². The molecule has 0 N–H and O–H groups in total. The molecule has 29 heavy (non-hydrogen) atoms. The summed E-state index contributed by atoms with van der Waals surface area (Å²) >= 11 is 1.40. The first-order valence-corrected chi connectivity index (χ1v) is 10.6. The van der Waals surface area contributed by atoms with Crippen molar-refractivity contribution in [3.63, 3.8) is 0 Å². The lowest BCUT2D eigenvalue weighted by Gasteiger charge is -2.36. The van der Waals surface area contributed by atoms with E-state index in [1.807, 2.05) is 11.8 Å². The molecule has 1 aromatic heterocycles. The second-order valence-corrected chi connectivity index (χ2v) is 8.28. The van der Waals surface area contributed by atoms with Gasteiger partial charge in [0.2, 0.25) is 5.91 Å². The van der Waals surface area contributed by atoms with Crippen LogP contribution >= 0.6 is 11.8 Å². The predicted molar refractivity (Wildman–Crippen MR) is 104 cm³/mol. The number of amides is 1. The van der Waals surface area contributed by atoms with Crippen molar-refractivity contribution in [3.05, 3.63) is 35.7 Å². The number of piperazine rings is 1. The first-order valence-electron chi connectivity index (χ1n) is 9.57. The molecule has 6 nitrogen and oxygen atoms in total. The molecule has 1 aliphatic heterocycles. The van der Waals surface area contributed by atoms with Crippen molar-refractivity contribution in [1.82, 2.24) is 19.7 Å². The van der Waals surface area contributed by atoms with Crippen LogP contribution in [0, 0.1) is 6.92 Å². The van der Waals surface area contributed by atoms with Crippen LogP contribution in [0.25, 0.3) is 0 Å². The average Bonchev–Trinajstić information content (AvgIpc) is 3.48. The summed E-state index contributed by atoms with van der Waals surface area (Å²) in [6, 6.07) is 5.79. The third kappa shape index (κ3) is 4.52. The molecule has 2 aromatic rings. The molecule has 2 aliphatic rings. The fourth-order valence-corrected chi connectivity index (χ4v) is 4.47. The average molecular weight is 425 g/mol. The summed E-state index contributed by atoms with van der Waals surface area (Å²) in [7, 11) is 0. The highest BCUT2D eigenvalue weighted by atomic mass is 32.2. The van der Waals surface area contributed by atoms with E-state index in [9.17, 15) is 18.0 Å². The summed E-state index contributed by atoms with van der Waals surface area (Å²) in [5.41, 5.74) is -0.116. The Labute approximate surface area is 171 Å². The van der Waals surface area contributed by atoms with Crippen LogP contribution in [-0.2, 0) is 11.0 Å². The summed E-state index contributed by atoms with van der Waals surface area (Å²) in [6.07, 6.45) is -2.11. The number of carbonyl (C=O) groups is 1. The van der Waals surface area contributed by atoms with Crippen LogP contribution in [0.1, 0.15) is 30.3 Å². The summed E-state index contributed by atoms with van der Waals surface area (Å²) in [6.45, 7) is 3.92. The van der Waals surface area contributed by atoms with Crippen molar-refractivity contribution in [3.8, 4) is 0 Å². The molecule has 1 aliphatic carbocycles. The molecular formula is C19H22F3N5OS. The largest absolute Gasteiger partial charge is 0.416 e. The second kappa shape index (κ2) is 7.89. The number of aromatic nitrogens is 3. The van der Waals surface area contributed by atoms with Crippen LogP contribution in [-0.4, -0.2) is 57.5 Å². The van der Waals surface area contributed by atoms with E-state index in [2.05, 4.69) is 14.8 Å². The molecule has 0 atom stereocenters. The number of halogens is 3. The van der Waals surface area contributed by atoms with Gasteiger partial charge in [0.15, 0.2) is 5.16 Å². The van der Waals surface area contributed by atoms with E-state index in [1.54, 1.807) is 11.0 Å². The van der Waals surface area contributed by atoms with Crippen LogP contribution < -0.4 is 4.90 Å². The Morgan fingerprint density at radius 3 is 2.55 bits per heavy atom. The van der Waals surface area contributed by atoms with Gasteiger partial charge in [0.1, 0.15) is 5.82 Å². The zero-order valence-electron chi connectivity index (χ0n) is 16.0. The first kappa shape index (κ1) is 20.1. The van der Waals surface area contributed by atoms with Gasteiger partial charge in [-0.1, -0.05) is 17.8 Å². The SMILES string of the molecule is Cc1nnc(SCC(=O)N2CCN(c3cccc(C(F)(F)F)c3)CC2)n1C1CC1. The minimum Gasteiger partial charge on any atom is -0.368 e. The van der Waals surface area contributed by atoms with Crippen molar-refractivity contribution in [2.24, 2.45) is 0 Å². The van der Waals surface area contributed by atoms with Crippen molar-refractivity contribution < 1.29 is 18.0 Å². The zero-order chi connectivity index (χ0) is 20.6. The lowest BCUT2D eigenvalue weighted by Crippen LogP contribution is -2.49. The molecule has 10 heteroatoms. The van der Waals surface area contributed by atoms with Gasteiger partial charge in [0.05, 0.1) is 11.3 Å². The molecule has 0 radical (unpaired) electrons. The molecule has 4 rings (SSSR count). The summed E-state index contributed by atoms with van der Waals surface area (Å²) in [4.78, 5) is 16.2. The number of carbonyl (C=O) groups excluding carboxylic acids is 1. The lowest BCUT2D eigenvalue weighted by atomic mass is 10.1. The number of anilines is 1. The Balaban J connectivity index is 1.31. The third-order valence-corrected chi connectivity index (χ3v) is 6.17. The molecule has 1 saturated heterocycles. The van der Waals surface area contributed by atoms with Gasteiger partial charge in [0.25, 0.3) is 0 Å². The fourth-order valence-electron chi connectivity index (χ4n) is 3.51. The summed E-state index contributed by atoms with van der Waals surface area (Å²) < 4.78 is 40.9. The van der Waals surface area contributed by atoms with Crippen molar-refractivity contribution in [1.29, 1.82) is 0 Å². The quantitative estimate of drug-likeness (QED) is 0.688. The Morgan fingerprint density at radius 1 is 1.17 bits per heavy atom. The van der Waals surface area contributed by atoms with Gasteiger partial charge in [-0.25, -0.2) is 0 Å². The molecule has 1 amide bonds. The van der Waals surface area contributed by atoms with E-state index in [0.29, 0.717) is 37.9 Å². The van der Waals surface area contributed by atoms with Crippen LogP contribution in [0.3, 0.4) is 0 Å². The number of rotatable bonds is 5. The molecule has 0 spiro atoms. The molecular weight excluding hydrogens is 403 g/mol. The van der Waals surface area contributed by atoms with Gasteiger partial charge in [0, 0.05) is 37.9 Å². The number of hydrogen-bond acceptors (Lipinski definition) is 5. The van der Waals surface area contributed by atoms with E-state index in [1.165, 1.54) is 23.9 Å². The number of alkyl halides is 3. The zero-order valence-corrected chi connectivity index (χ0v) is 16.8. The van der Waals surface area contributed by atoms with E-state index >= 15 is 0 Å². The Morgan fingerprint density at radius 2 is 1.90 bits per heavy atom. The number of thioether (sulfide) groups is 1. The van der Waals surface area contributed by atoms with Crippen molar-refractivity contribution in [2.45, 2.75) is 37.1 Å². The summed E-state index contributed by atoms with van der Waals surface area (Å²) in [5.74, 6) is 1.17. The Bertz CT molecular complexity index is 888.